The summed E-state index contributed by atoms with van der Waals surface area (Å²) in [5.74, 6) is 1.48. The van der Waals surface area contributed by atoms with Crippen LogP contribution in [-0.2, 0) is 0 Å². The number of methoxy groups -OCH3 is 1. The van der Waals surface area contributed by atoms with Crippen LogP contribution >= 0.6 is 0 Å². The van der Waals surface area contributed by atoms with Crippen molar-refractivity contribution in [1.29, 1.82) is 0 Å². The lowest BCUT2D eigenvalue weighted by Gasteiger charge is -2.24. The molecule has 0 radical (unpaired) electrons. The Balaban J connectivity index is 1.66. The van der Waals surface area contributed by atoms with Crippen LogP contribution in [0.5, 0.6) is 5.75 Å². The molecule has 4 aromatic carbocycles. The van der Waals surface area contributed by atoms with E-state index in [4.69, 9.17) is 9.72 Å². The Morgan fingerprint density at radius 1 is 0.800 bits per heavy atom. The monoisotopic (exact) mass is 461 g/mol. The first-order chi connectivity index (χ1) is 17.1. The first-order valence-electron chi connectivity index (χ1n) is 11.6. The van der Waals surface area contributed by atoms with Crippen molar-refractivity contribution in [2.45, 2.75) is 13.0 Å². The third-order valence-corrected chi connectivity index (χ3v) is 6.40. The molecule has 0 saturated heterocycles. The van der Waals surface area contributed by atoms with Gasteiger partial charge in [0.25, 0.3) is 5.56 Å². The summed E-state index contributed by atoms with van der Waals surface area (Å²) >= 11 is 0. The highest BCUT2D eigenvalue weighted by atomic mass is 16.5. The van der Waals surface area contributed by atoms with Crippen molar-refractivity contribution >= 4 is 22.3 Å². The second kappa shape index (κ2) is 9.47. The molecule has 5 nitrogen and oxygen atoms in total. The van der Waals surface area contributed by atoms with Crippen molar-refractivity contribution in [1.82, 2.24) is 9.55 Å². The summed E-state index contributed by atoms with van der Waals surface area (Å²) in [7, 11) is 3.64. The van der Waals surface area contributed by atoms with Gasteiger partial charge >= 0.3 is 0 Å². The molecule has 0 saturated carbocycles. The quantitative estimate of drug-likeness (QED) is 0.306. The Hall–Kier alpha value is -4.38. The number of aryl methyl sites for hydroxylation is 1. The third kappa shape index (κ3) is 4.28. The van der Waals surface area contributed by atoms with E-state index in [1.165, 1.54) is 0 Å². The Bertz CT molecular complexity index is 1470. The summed E-state index contributed by atoms with van der Waals surface area (Å²) in [6.45, 7) is 1.90. The molecule has 5 rings (SSSR count). The van der Waals surface area contributed by atoms with Crippen LogP contribution in [0.3, 0.4) is 0 Å². The van der Waals surface area contributed by atoms with E-state index in [9.17, 15) is 4.79 Å². The molecule has 5 aromatic rings. The summed E-state index contributed by atoms with van der Waals surface area (Å²) < 4.78 is 7.09. The fourth-order valence-corrected chi connectivity index (χ4v) is 4.53. The number of aromatic nitrogens is 2. The van der Waals surface area contributed by atoms with Gasteiger partial charge in [-0.3, -0.25) is 9.36 Å². The van der Waals surface area contributed by atoms with Crippen molar-refractivity contribution < 1.29 is 4.74 Å². The number of benzene rings is 4. The Kier molecular flexibility index (Phi) is 6.06. The van der Waals surface area contributed by atoms with Crippen LogP contribution < -0.4 is 15.2 Å². The van der Waals surface area contributed by atoms with Crippen LogP contribution in [0, 0.1) is 6.92 Å². The van der Waals surface area contributed by atoms with Gasteiger partial charge in [0.1, 0.15) is 11.6 Å². The number of ether oxygens (including phenoxy) is 1. The van der Waals surface area contributed by atoms with Crippen LogP contribution in [0.4, 0.5) is 11.4 Å². The molecule has 0 aliphatic rings. The predicted molar refractivity (Wildman–Crippen MR) is 142 cm³/mol. The molecule has 0 aliphatic carbocycles. The Morgan fingerprint density at radius 2 is 1.37 bits per heavy atom. The minimum Gasteiger partial charge on any atom is -0.497 e. The lowest BCUT2D eigenvalue weighted by atomic mass is 9.98. The van der Waals surface area contributed by atoms with Gasteiger partial charge in [-0.05, 0) is 60.5 Å². The average molecular weight is 462 g/mol. The number of hydrogen-bond acceptors (Lipinski definition) is 4. The maximum absolute atomic E-state index is 14.0. The second-order valence-corrected chi connectivity index (χ2v) is 8.52. The fourth-order valence-electron chi connectivity index (χ4n) is 4.53. The number of anilines is 2. The number of hydrogen-bond donors (Lipinski definition) is 0. The van der Waals surface area contributed by atoms with Gasteiger partial charge in [-0.25, -0.2) is 4.98 Å². The van der Waals surface area contributed by atoms with Crippen molar-refractivity contribution in [2.24, 2.45) is 0 Å². The summed E-state index contributed by atoms with van der Waals surface area (Å²) in [6.07, 6.45) is 0. The third-order valence-electron chi connectivity index (χ3n) is 6.40. The van der Waals surface area contributed by atoms with Crippen LogP contribution in [0.15, 0.2) is 108 Å². The van der Waals surface area contributed by atoms with Crippen molar-refractivity contribution in [3.05, 3.63) is 130 Å². The predicted octanol–water partition coefficient (Wildman–Crippen LogP) is 6.12. The van der Waals surface area contributed by atoms with Gasteiger partial charge < -0.3 is 9.64 Å². The minimum atomic E-state index is -0.273. The Morgan fingerprint density at radius 3 is 1.94 bits per heavy atom. The molecule has 0 fully saturated rings. The molecule has 5 heteroatoms. The van der Waals surface area contributed by atoms with Gasteiger partial charge in [-0.1, -0.05) is 60.7 Å². The molecular weight excluding hydrogens is 434 g/mol. The zero-order chi connectivity index (χ0) is 24.4. The van der Waals surface area contributed by atoms with E-state index in [2.05, 4.69) is 24.3 Å². The molecule has 0 aliphatic heterocycles. The molecule has 0 N–H and O–H groups in total. The molecule has 0 atom stereocenters. The van der Waals surface area contributed by atoms with Crippen molar-refractivity contribution in [2.75, 3.05) is 19.1 Å². The molecule has 0 spiro atoms. The highest BCUT2D eigenvalue weighted by Crippen LogP contribution is 2.30. The highest BCUT2D eigenvalue weighted by Gasteiger charge is 2.21. The van der Waals surface area contributed by atoms with E-state index in [-0.39, 0.29) is 11.6 Å². The molecule has 35 heavy (non-hydrogen) atoms. The summed E-state index contributed by atoms with van der Waals surface area (Å²) in [5, 5.41) is 0.588. The summed E-state index contributed by atoms with van der Waals surface area (Å²) in [6, 6.07) is 33.6. The molecular formula is C30H27N3O2. The zero-order valence-corrected chi connectivity index (χ0v) is 20.1. The molecule has 1 aromatic heterocycles. The van der Waals surface area contributed by atoms with Gasteiger partial charge in [0, 0.05) is 18.4 Å². The second-order valence-electron chi connectivity index (χ2n) is 8.52. The van der Waals surface area contributed by atoms with Crippen LogP contribution in [0.2, 0.25) is 0 Å². The average Bonchev–Trinajstić information content (AvgIpc) is 2.91. The molecule has 0 bridgehead atoms. The molecule has 0 amide bonds. The van der Waals surface area contributed by atoms with Crippen molar-refractivity contribution in [3.8, 4) is 5.75 Å². The number of nitrogens with zero attached hydrogens (tertiary/aromatic N) is 3. The smallest absolute Gasteiger partial charge is 0.262 e. The first kappa shape index (κ1) is 22.4. The molecule has 0 unspecified atom stereocenters. The molecule has 1 heterocycles. The van der Waals surface area contributed by atoms with E-state index in [1.54, 1.807) is 7.11 Å². The van der Waals surface area contributed by atoms with Gasteiger partial charge in [-0.2, -0.15) is 0 Å². The maximum Gasteiger partial charge on any atom is 0.262 e. The number of rotatable bonds is 6. The van der Waals surface area contributed by atoms with E-state index >= 15 is 0 Å². The van der Waals surface area contributed by atoms with Gasteiger partial charge in [-0.15, -0.1) is 0 Å². The van der Waals surface area contributed by atoms with Crippen molar-refractivity contribution in [3.63, 3.8) is 0 Å². The van der Waals surface area contributed by atoms with Gasteiger partial charge in [0.15, 0.2) is 0 Å². The van der Waals surface area contributed by atoms with E-state index in [0.717, 1.165) is 28.3 Å². The molecule has 174 valence electrons. The normalized spacial score (nSPS) is 11.1. The highest BCUT2D eigenvalue weighted by molar-refractivity contribution is 5.83. The van der Waals surface area contributed by atoms with E-state index in [0.29, 0.717) is 16.7 Å². The maximum atomic E-state index is 14.0. The van der Waals surface area contributed by atoms with Crippen LogP contribution in [0.1, 0.15) is 23.0 Å². The fraction of sp³-hybridized carbons (Fsp3) is 0.133. The van der Waals surface area contributed by atoms with Crippen LogP contribution in [0.25, 0.3) is 10.9 Å². The largest absolute Gasteiger partial charge is 0.497 e. The lowest BCUT2D eigenvalue weighted by Crippen LogP contribution is -2.29. The summed E-state index contributed by atoms with van der Waals surface area (Å²) in [5.41, 5.74) is 4.61. The first-order valence-corrected chi connectivity index (χ1v) is 11.6. The van der Waals surface area contributed by atoms with E-state index in [1.807, 2.05) is 102 Å². The lowest BCUT2D eigenvalue weighted by molar-refractivity contribution is 0.415. The SMILES string of the molecule is COc1ccc(N(C)c2ccc3nc(C)n(C(c4ccccc4)c4ccccc4)c(=O)c3c2)cc1. The summed E-state index contributed by atoms with van der Waals surface area (Å²) in [4.78, 5) is 20.9. The minimum absolute atomic E-state index is 0.0600. The van der Waals surface area contributed by atoms with Crippen LogP contribution in [-0.4, -0.2) is 23.7 Å². The Labute approximate surface area is 204 Å². The zero-order valence-electron chi connectivity index (χ0n) is 20.1. The van der Waals surface area contributed by atoms with Gasteiger partial charge in [0.2, 0.25) is 0 Å². The number of fused-ring (bicyclic) bond motifs is 1. The topological polar surface area (TPSA) is 47.4 Å². The van der Waals surface area contributed by atoms with E-state index < -0.39 is 0 Å². The van der Waals surface area contributed by atoms with Gasteiger partial charge in [0.05, 0.1) is 24.1 Å². The standard InChI is InChI=1S/C30H27N3O2/c1-21-31-28-19-16-25(32(2)24-14-17-26(35-3)18-15-24)20-27(28)30(34)33(21)29(22-10-6-4-7-11-22)23-12-8-5-9-13-23/h4-20,29H,1-3H3.